The normalized spacial score (nSPS) is 14.7. The highest BCUT2D eigenvalue weighted by Crippen LogP contribution is 2.21. The molecule has 1 aromatic carbocycles. The first-order chi connectivity index (χ1) is 12.4. The number of aromatic hydroxyl groups is 1. The van der Waals surface area contributed by atoms with Crippen LogP contribution in [0.15, 0.2) is 35.1 Å². The molecule has 2 heterocycles. The van der Waals surface area contributed by atoms with E-state index in [-0.39, 0.29) is 17.4 Å². The van der Waals surface area contributed by atoms with Crippen LogP contribution in [-0.2, 0) is 6.42 Å². The average molecular weight is 356 g/mol. The van der Waals surface area contributed by atoms with E-state index in [1.54, 1.807) is 29.2 Å². The van der Waals surface area contributed by atoms with Crippen LogP contribution >= 0.6 is 0 Å². The molecule has 2 N–H and O–H groups in total. The van der Waals surface area contributed by atoms with Gasteiger partial charge in [0.1, 0.15) is 11.4 Å². The topological polar surface area (TPSA) is 89.5 Å². The fraction of sp³-hybridized carbons (Fsp3) is 0.421. The second kappa shape index (κ2) is 7.59. The number of piperazine rings is 1. The van der Waals surface area contributed by atoms with Crippen LogP contribution in [0.25, 0.3) is 0 Å². The Morgan fingerprint density at radius 2 is 1.96 bits per heavy atom. The molecule has 0 atom stereocenters. The smallest absolute Gasteiger partial charge is 0.345 e. The summed E-state index contributed by atoms with van der Waals surface area (Å²) in [5, 5.41) is 9.61. The summed E-state index contributed by atoms with van der Waals surface area (Å²) in [6.07, 6.45) is 0.698. The molecule has 1 aliphatic heterocycles. The quantitative estimate of drug-likeness (QED) is 0.869. The standard InChI is InChI=1S/C19H24N4O3/c1-13(2)10-14-11-17(21-19(26)20-14)18(25)23-8-6-22(7-9-23)15-4-3-5-16(24)12-15/h3-5,11-13,24H,6-10H2,1-2H3,(H,20,21,26). The highest BCUT2D eigenvalue weighted by atomic mass is 16.3. The fourth-order valence-electron chi connectivity index (χ4n) is 3.19. The number of aromatic nitrogens is 2. The van der Waals surface area contributed by atoms with Crippen LogP contribution in [0, 0.1) is 5.92 Å². The van der Waals surface area contributed by atoms with Gasteiger partial charge in [0.25, 0.3) is 5.91 Å². The number of carbonyl (C=O) groups is 1. The molecule has 0 aliphatic carbocycles. The molecular formula is C19H24N4O3. The van der Waals surface area contributed by atoms with Crippen molar-refractivity contribution in [3.8, 4) is 5.75 Å². The molecule has 1 fully saturated rings. The van der Waals surface area contributed by atoms with Crippen molar-refractivity contribution >= 4 is 11.6 Å². The van der Waals surface area contributed by atoms with Gasteiger partial charge in [-0.25, -0.2) is 4.79 Å². The van der Waals surface area contributed by atoms with Crippen molar-refractivity contribution < 1.29 is 9.90 Å². The number of hydrogen-bond acceptors (Lipinski definition) is 5. The zero-order chi connectivity index (χ0) is 18.7. The molecule has 2 aromatic rings. The van der Waals surface area contributed by atoms with E-state index >= 15 is 0 Å². The Balaban J connectivity index is 1.69. The summed E-state index contributed by atoms with van der Waals surface area (Å²) in [5.41, 5.74) is 1.40. The largest absolute Gasteiger partial charge is 0.508 e. The molecular weight excluding hydrogens is 332 g/mol. The van der Waals surface area contributed by atoms with Crippen LogP contribution in [0.2, 0.25) is 0 Å². The van der Waals surface area contributed by atoms with E-state index < -0.39 is 5.69 Å². The predicted octanol–water partition coefficient (Wildman–Crippen LogP) is 1.64. The van der Waals surface area contributed by atoms with Gasteiger partial charge >= 0.3 is 5.69 Å². The van der Waals surface area contributed by atoms with Gasteiger partial charge in [0.05, 0.1) is 0 Å². The van der Waals surface area contributed by atoms with Gasteiger partial charge in [-0.3, -0.25) is 4.79 Å². The van der Waals surface area contributed by atoms with Crippen molar-refractivity contribution in [3.63, 3.8) is 0 Å². The molecule has 0 unspecified atom stereocenters. The molecule has 7 heteroatoms. The minimum Gasteiger partial charge on any atom is -0.508 e. The minimum atomic E-state index is -0.482. The van der Waals surface area contributed by atoms with Crippen LogP contribution in [0.3, 0.4) is 0 Å². The maximum absolute atomic E-state index is 12.7. The van der Waals surface area contributed by atoms with Gasteiger partial charge in [-0.15, -0.1) is 0 Å². The van der Waals surface area contributed by atoms with Crippen molar-refractivity contribution in [2.45, 2.75) is 20.3 Å². The first-order valence-electron chi connectivity index (χ1n) is 8.86. The van der Waals surface area contributed by atoms with Gasteiger partial charge in [-0.1, -0.05) is 19.9 Å². The number of rotatable bonds is 4. The number of H-pyrrole nitrogens is 1. The molecule has 0 saturated carbocycles. The van der Waals surface area contributed by atoms with Crippen molar-refractivity contribution in [1.82, 2.24) is 14.9 Å². The molecule has 7 nitrogen and oxygen atoms in total. The molecule has 1 saturated heterocycles. The number of amides is 1. The van der Waals surface area contributed by atoms with Crippen LogP contribution in [0.1, 0.15) is 30.0 Å². The van der Waals surface area contributed by atoms with Gasteiger partial charge < -0.3 is 19.9 Å². The molecule has 138 valence electrons. The molecule has 0 bridgehead atoms. The zero-order valence-electron chi connectivity index (χ0n) is 15.1. The third-order valence-electron chi connectivity index (χ3n) is 4.41. The lowest BCUT2D eigenvalue weighted by Crippen LogP contribution is -2.49. The molecule has 3 rings (SSSR count). The van der Waals surface area contributed by atoms with Gasteiger partial charge in [-0.2, -0.15) is 4.98 Å². The number of phenols is 1. The first-order valence-corrected chi connectivity index (χ1v) is 8.86. The van der Waals surface area contributed by atoms with Crippen molar-refractivity contribution in [2.75, 3.05) is 31.1 Å². The Labute approximate surface area is 152 Å². The molecule has 1 aromatic heterocycles. The number of carbonyl (C=O) groups excluding carboxylic acids is 1. The van der Waals surface area contributed by atoms with E-state index in [1.807, 2.05) is 6.07 Å². The Morgan fingerprint density at radius 1 is 1.23 bits per heavy atom. The van der Waals surface area contributed by atoms with E-state index in [2.05, 4.69) is 28.7 Å². The van der Waals surface area contributed by atoms with Gasteiger partial charge in [0.15, 0.2) is 0 Å². The second-order valence-corrected chi connectivity index (χ2v) is 6.99. The molecule has 0 spiro atoms. The van der Waals surface area contributed by atoms with E-state index in [0.717, 1.165) is 11.4 Å². The molecule has 26 heavy (non-hydrogen) atoms. The van der Waals surface area contributed by atoms with Crippen LogP contribution < -0.4 is 10.6 Å². The lowest BCUT2D eigenvalue weighted by Gasteiger charge is -2.36. The third-order valence-corrected chi connectivity index (χ3v) is 4.41. The zero-order valence-corrected chi connectivity index (χ0v) is 15.1. The lowest BCUT2D eigenvalue weighted by atomic mass is 10.1. The molecule has 1 aliphatic rings. The minimum absolute atomic E-state index is 0.204. The highest BCUT2D eigenvalue weighted by Gasteiger charge is 2.24. The predicted molar refractivity (Wildman–Crippen MR) is 99.6 cm³/mol. The maximum Gasteiger partial charge on any atom is 0.345 e. The van der Waals surface area contributed by atoms with E-state index in [1.165, 1.54) is 0 Å². The third kappa shape index (κ3) is 4.22. The van der Waals surface area contributed by atoms with Gasteiger partial charge in [0.2, 0.25) is 0 Å². The second-order valence-electron chi connectivity index (χ2n) is 6.99. The summed E-state index contributed by atoms with van der Waals surface area (Å²) in [4.78, 5) is 34.9. The lowest BCUT2D eigenvalue weighted by molar-refractivity contribution is 0.0740. The maximum atomic E-state index is 12.7. The van der Waals surface area contributed by atoms with Crippen molar-refractivity contribution in [2.24, 2.45) is 5.92 Å². The fourth-order valence-corrected chi connectivity index (χ4v) is 3.19. The Bertz CT molecular complexity index is 839. The van der Waals surface area contributed by atoms with Crippen LogP contribution in [0.4, 0.5) is 5.69 Å². The number of anilines is 1. The van der Waals surface area contributed by atoms with E-state index in [4.69, 9.17) is 0 Å². The molecule has 1 amide bonds. The number of benzene rings is 1. The number of aromatic amines is 1. The van der Waals surface area contributed by atoms with E-state index in [9.17, 15) is 14.7 Å². The van der Waals surface area contributed by atoms with Crippen molar-refractivity contribution in [1.29, 1.82) is 0 Å². The summed E-state index contributed by atoms with van der Waals surface area (Å²) in [6.45, 7) is 6.53. The average Bonchev–Trinajstić information content (AvgIpc) is 2.60. The van der Waals surface area contributed by atoms with Gasteiger partial charge in [0, 0.05) is 43.6 Å². The van der Waals surface area contributed by atoms with Gasteiger partial charge in [-0.05, 0) is 30.5 Å². The summed E-state index contributed by atoms with van der Waals surface area (Å²) >= 11 is 0. The Hall–Kier alpha value is -2.83. The summed E-state index contributed by atoms with van der Waals surface area (Å²) in [7, 11) is 0. The van der Waals surface area contributed by atoms with E-state index in [0.29, 0.717) is 38.5 Å². The van der Waals surface area contributed by atoms with Crippen LogP contribution in [0.5, 0.6) is 5.75 Å². The number of hydrogen-bond donors (Lipinski definition) is 2. The monoisotopic (exact) mass is 356 g/mol. The number of phenolic OH excluding ortho intramolecular Hbond substituents is 1. The summed E-state index contributed by atoms with van der Waals surface area (Å²) in [5.74, 6) is 0.393. The van der Waals surface area contributed by atoms with Crippen molar-refractivity contribution in [3.05, 3.63) is 52.2 Å². The Morgan fingerprint density at radius 3 is 2.62 bits per heavy atom. The number of nitrogens with one attached hydrogen (secondary N) is 1. The highest BCUT2D eigenvalue weighted by molar-refractivity contribution is 5.92. The molecule has 0 radical (unpaired) electrons. The van der Waals surface area contributed by atoms with Crippen LogP contribution in [-0.4, -0.2) is 52.1 Å². The first kappa shape index (κ1) is 18.0. The summed E-state index contributed by atoms with van der Waals surface area (Å²) in [6, 6.07) is 8.78. The SMILES string of the molecule is CC(C)Cc1cc(C(=O)N2CCN(c3cccc(O)c3)CC2)nc(=O)[nH]1. The number of nitrogens with zero attached hydrogens (tertiary/aromatic N) is 3. The summed E-state index contributed by atoms with van der Waals surface area (Å²) < 4.78 is 0. The Kier molecular flexibility index (Phi) is 5.25.